The third-order valence-corrected chi connectivity index (χ3v) is 11.1. The van der Waals surface area contributed by atoms with E-state index in [1.807, 2.05) is 30.3 Å². The van der Waals surface area contributed by atoms with E-state index in [0.717, 1.165) is 88.1 Å². The van der Waals surface area contributed by atoms with Gasteiger partial charge in [0, 0.05) is 37.9 Å². The molecule has 0 amide bonds. The first-order valence-corrected chi connectivity index (χ1v) is 18.0. The number of fused-ring (bicyclic) bond motifs is 11. The quantitative estimate of drug-likeness (QED) is 0.175. The van der Waals surface area contributed by atoms with Crippen molar-refractivity contribution in [3.05, 3.63) is 170 Å². The maximum atomic E-state index is 6.83. The summed E-state index contributed by atoms with van der Waals surface area (Å²) < 4.78 is 19.4. The molecule has 0 aliphatic heterocycles. The number of benzene rings is 9. The topological polar surface area (TPSA) is 39.4 Å². The second kappa shape index (κ2) is 10.7. The summed E-state index contributed by atoms with van der Waals surface area (Å²) in [6.45, 7) is 0. The molecule has 0 unspecified atom stereocenters. The number of hydrogen-bond acceptors (Lipinski definition) is 3. The summed E-state index contributed by atoms with van der Waals surface area (Å²) in [5, 5.41) is 11.5. The summed E-state index contributed by atoms with van der Waals surface area (Å²) >= 11 is 0. The van der Waals surface area contributed by atoms with Gasteiger partial charge in [0.25, 0.3) is 0 Å². The molecule has 0 fully saturated rings. The molecule has 0 saturated heterocycles. The van der Waals surface area contributed by atoms with Crippen LogP contribution in [0.15, 0.2) is 183 Å². The average Bonchev–Trinajstić information content (AvgIpc) is 3.91. The maximum absolute atomic E-state index is 6.83. The fourth-order valence-corrected chi connectivity index (χ4v) is 8.77. The minimum atomic E-state index is 0.871. The average molecular weight is 677 g/mol. The first-order chi connectivity index (χ1) is 26.3. The Morgan fingerprint density at radius 3 is 1.42 bits per heavy atom. The molecule has 0 aliphatic rings. The van der Waals surface area contributed by atoms with Crippen molar-refractivity contribution in [1.82, 2.24) is 0 Å². The third-order valence-electron chi connectivity index (χ3n) is 11.1. The molecule has 3 nitrogen and oxygen atoms in total. The second-order valence-corrected chi connectivity index (χ2v) is 13.9. The van der Waals surface area contributed by atoms with Gasteiger partial charge in [-0.3, -0.25) is 0 Å². The highest BCUT2D eigenvalue weighted by molar-refractivity contribution is 6.27. The van der Waals surface area contributed by atoms with Crippen LogP contribution in [0.5, 0.6) is 0 Å². The predicted molar refractivity (Wildman–Crippen MR) is 220 cm³/mol. The monoisotopic (exact) mass is 676 g/mol. The molecule has 0 bridgehead atoms. The van der Waals surface area contributed by atoms with Gasteiger partial charge >= 0.3 is 0 Å². The van der Waals surface area contributed by atoms with E-state index in [1.165, 1.54) is 32.7 Å². The number of hydrogen-bond donors (Lipinski definition) is 0. The van der Waals surface area contributed by atoms with Crippen LogP contribution < -0.4 is 0 Å². The van der Waals surface area contributed by atoms with Crippen LogP contribution in [0.1, 0.15) is 0 Å². The Labute approximate surface area is 302 Å². The summed E-state index contributed by atoms with van der Waals surface area (Å²) in [4.78, 5) is 0. The first-order valence-electron chi connectivity index (χ1n) is 18.0. The van der Waals surface area contributed by atoms with Crippen LogP contribution in [0.2, 0.25) is 0 Å². The van der Waals surface area contributed by atoms with Gasteiger partial charge in [0.2, 0.25) is 0 Å². The lowest BCUT2D eigenvalue weighted by Crippen LogP contribution is -1.92. The Morgan fingerprint density at radius 2 is 0.736 bits per heavy atom. The lowest BCUT2D eigenvalue weighted by molar-refractivity contribution is 0.668. The van der Waals surface area contributed by atoms with Crippen LogP contribution in [0, 0.1) is 0 Å². The highest BCUT2D eigenvalue weighted by Crippen LogP contribution is 2.49. The number of rotatable bonds is 3. The lowest BCUT2D eigenvalue weighted by Gasteiger charge is -2.18. The van der Waals surface area contributed by atoms with E-state index in [-0.39, 0.29) is 0 Å². The van der Waals surface area contributed by atoms with Crippen LogP contribution in [0.3, 0.4) is 0 Å². The van der Waals surface area contributed by atoms with Gasteiger partial charge in [0.15, 0.2) is 0 Å². The van der Waals surface area contributed by atoms with Gasteiger partial charge in [-0.25, -0.2) is 0 Å². The van der Waals surface area contributed by atoms with Gasteiger partial charge in [-0.15, -0.1) is 0 Å². The molecule has 12 aromatic rings. The molecular formula is C50H28O3. The van der Waals surface area contributed by atoms with E-state index in [2.05, 4.69) is 140 Å². The van der Waals surface area contributed by atoms with Crippen molar-refractivity contribution in [2.24, 2.45) is 0 Å². The maximum Gasteiger partial charge on any atom is 0.143 e. The standard InChI is InChI=1S/C50H28O3/c1-3-15-37-35(13-1)47(30-21-23-34-32-11-5-8-18-42(32)52-46(34)28-30)36-14-2-4-16-38(36)48(37)40-25-24-31(50-49(40)39-17-7-10-20-44(39)53-50)29-22-26-45-41(27-29)33-12-6-9-19-43(33)51-45/h1-28H. The Hall–Kier alpha value is -7.10. The fraction of sp³-hybridized carbons (Fsp3) is 0. The van der Waals surface area contributed by atoms with Crippen molar-refractivity contribution in [2.75, 3.05) is 0 Å². The van der Waals surface area contributed by atoms with Crippen molar-refractivity contribution in [3.63, 3.8) is 0 Å². The zero-order valence-corrected chi connectivity index (χ0v) is 28.4. The van der Waals surface area contributed by atoms with Gasteiger partial charge in [0.05, 0.1) is 0 Å². The summed E-state index contributed by atoms with van der Waals surface area (Å²) in [5.41, 5.74) is 12.1. The molecule has 12 rings (SSSR count). The zero-order chi connectivity index (χ0) is 34.6. The van der Waals surface area contributed by atoms with E-state index in [9.17, 15) is 0 Å². The normalized spacial score (nSPS) is 12.2. The van der Waals surface area contributed by atoms with Crippen molar-refractivity contribution in [3.8, 4) is 33.4 Å². The van der Waals surface area contributed by atoms with E-state index in [1.54, 1.807) is 0 Å². The van der Waals surface area contributed by atoms with E-state index in [0.29, 0.717) is 0 Å². The summed E-state index contributed by atoms with van der Waals surface area (Å²) in [7, 11) is 0. The lowest BCUT2D eigenvalue weighted by atomic mass is 9.84. The molecule has 9 aromatic carbocycles. The van der Waals surface area contributed by atoms with Gasteiger partial charge < -0.3 is 13.3 Å². The van der Waals surface area contributed by atoms with Crippen molar-refractivity contribution in [2.45, 2.75) is 0 Å². The Kier molecular flexibility index (Phi) is 5.77. The van der Waals surface area contributed by atoms with Crippen LogP contribution in [-0.2, 0) is 0 Å². The van der Waals surface area contributed by atoms with E-state index < -0.39 is 0 Å². The molecule has 3 heteroatoms. The van der Waals surface area contributed by atoms with Crippen LogP contribution >= 0.6 is 0 Å². The molecule has 0 atom stereocenters. The molecule has 0 spiro atoms. The third kappa shape index (κ3) is 4.05. The van der Waals surface area contributed by atoms with Gasteiger partial charge in [0.1, 0.15) is 33.5 Å². The number of furan rings is 3. The molecular weight excluding hydrogens is 649 g/mol. The fourth-order valence-electron chi connectivity index (χ4n) is 8.77. The molecule has 246 valence electrons. The first kappa shape index (κ1) is 28.6. The predicted octanol–water partition coefficient (Wildman–Crippen LogP) is 14.7. The molecule has 3 heterocycles. The van der Waals surface area contributed by atoms with Crippen LogP contribution in [0.25, 0.3) is 121 Å². The second-order valence-electron chi connectivity index (χ2n) is 13.9. The summed E-state index contributed by atoms with van der Waals surface area (Å²) in [6.07, 6.45) is 0. The minimum Gasteiger partial charge on any atom is -0.456 e. The smallest absolute Gasteiger partial charge is 0.143 e. The largest absolute Gasteiger partial charge is 0.456 e. The molecule has 3 aromatic heterocycles. The highest BCUT2D eigenvalue weighted by Gasteiger charge is 2.23. The Balaban J connectivity index is 1.15. The van der Waals surface area contributed by atoms with E-state index >= 15 is 0 Å². The minimum absolute atomic E-state index is 0.871. The van der Waals surface area contributed by atoms with Crippen molar-refractivity contribution >= 4 is 87.4 Å². The summed E-state index contributed by atoms with van der Waals surface area (Å²) in [6, 6.07) is 60.2. The SMILES string of the molecule is c1ccc2c(c1)oc1cc(-c3c4ccccc4c(-c4ccc(-c5ccc6oc7ccccc7c6c5)c5oc6ccccc6c45)c4ccccc34)ccc12. The number of para-hydroxylation sites is 3. The van der Waals surface area contributed by atoms with Gasteiger partial charge in [-0.1, -0.05) is 121 Å². The van der Waals surface area contributed by atoms with E-state index in [4.69, 9.17) is 13.3 Å². The van der Waals surface area contributed by atoms with Crippen LogP contribution in [0.4, 0.5) is 0 Å². The molecule has 0 aliphatic carbocycles. The van der Waals surface area contributed by atoms with Gasteiger partial charge in [-0.2, -0.15) is 0 Å². The van der Waals surface area contributed by atoms with Crippen molar-refractivity contribution < 1.29 is 13.3 Å². The highest BCUT2D eigenvalue weighted by atomic mass is 16.3. The Morgan fingerprint density at radius 1 is 0.264 bits per heavy atom. The zero-order valence-electron chi connectivity index (χ0n) is 28.4. The van der Waals surface area contributed by atoms with Crippen molar-refractivity contribution in [1.29, 1.82) is 0 Å². The summed E-state index contributed by atoms with van der Waals surface area (Å²) in [5.74, 6) is 0. The van der Waals surface area contributed by atoms with Gasteiger partial charge in [-0.05, 0) is 97.9 Å². The molecule has 53 heavy (non-hydrogen) atoms. The molecule has 0 saturated carbocycles. The molecule has 0 N–H and O–H groups in total. The van der Waals surface area contributed by atoms with Crippen LogP contribution in [-0.4, -0.2) is 0 Å². The molecule has 0 radical (unpaired) electrons. The Bertz CT molecular complexity index is 3410.